The Kier molecular flexibility index (Phi) is 7.64. The van der Waals surface area contributed by atoms with Gasteiger partial charge in [-0.25, -0.2) is 36.2 Å². The first-order chi connectivity index (χ1) is 15.9. The fraction of sp³-hybridized carbons (Fsp3) is 0.227. The Labute approximate surface area is 199 Å². The van der Waals surface area contributed by atoms with Gasteiger partial charge in [0.15, 0.2) is 0 Å². The minimum Gasteiger partial charge on any atom is -0.326 e. The molecule has 0 radical (unpaired) electrons. The van der Waals surface area contributed by atoms with Crippen LogP contribution in [0.3, 0.4) is 0 Å². The Bertz CT molecular complexity index is 1370. The molecule has 34 heavy (non-hydrogen) atoms. The quantitative estimate of drug-likeness (QED) is 0.406. The van der Waals surface area contributed by atoms with Gasteiger partial charge in [-0.1, -0.05) is 17.7 Å². The number of carbonyl (C=O) groups is 1. The molecule has 180 valence electrons. The SMILES string of the molecule is Cc1ccc(S(=O)(=O)NCCC(=O)Nc2ccc(S(=O)(=O)Nc3nc(C)cc(C)n3)cc2)cc1. The first-order valence-corrected chi connectivity index (χ1v) is 13.2. The van der Waals surface area contributed by atoms with Crippen molar-refractivity contribution in [1.29, 1.82) is 0 Å². The first-order valence-electron chi connectivity index (χ1n) is 10.3. The number of nitrogens with one attached hydrogen (secondary N) is 3. The summed E-state index contributed by atoms with van der Waals surface area (Å²) < 4.78 is 54.4. The predicted octanol–water partition coefficient (Wildman–Crippen LogP) is 2.51. The Morgan fingerprint density at radius 1 is 0.794 bits per heavy atom. The summed E-state index contributed by atoms with van der Waals surface area (Å²) in [6, 6.07) is 13.6. The predicted molar refractivity (Wildman–Crippen MR) is 128 cm³/mol. The van der Waals surface area contributed by atoms with E-state index >= 15 is 0 Å². The molecule has 0 saturated carbocycles. The fourth-order valence-electron chi connectivity index (χ4n) is 2.99. The second kappa shape index (κ2) is 10.3. The lowest BCUT2D eigenvalue weighted by Gasteiger charge is -2.10. The van der Waals surface area contributed by atoms with E-state index in [1.54, 1.807) is 32.0 Å². The van der Waals surface area contributed by atoms with Crippen molar-refractivity contribution in [1.82, 2.24) is 14.7 Å². The van der Waals surface area contributed by atoms with Crippen LogP contribution in [0.15, 0.2) is 64.4 Å². The van der Waals surface area contributed by atoms with Gasteiger partial charge in [0, 0.05) is 30.0 Å². The van der Waals surface area contributed by atoms with Gasteiger partial charge in [-0.3, -0.25) is 4.79 Å². The van der Waals surface area contributed by atoms with Crippen LogP contribution in [0.2, 0.25) is 0 Å². The van der Waals surface area contributed by atoms with E-state index in [-0.39, 0.29) is 28.7 Å². The van der Waals surface area contributed by atoms with E-state index in [4.69, 9.17) is 0 Å². The molecule has 0 spiro atoms. The number of rotatable bonds is 9. The minimum absolute atomic E-state index is 0.0250. The summed E-state index contributed by atoms with van der Waals surface area (Å²) in [6.07, 6.45) is -0.100. The number of aromatic nitrogens is 2. The zero-order valence-electron chi connectivity index (χ0n) is 18.9. The number of aryl methyl sites for hydroxylation is 3. The van der Waals surface area contributed by atoms with Crippen molar-refractivity contribution in [3.05, 3.63) is 71.5 Å². The second-order valence-corrected chi connectivity index (χ2v) is 11.1. The number of sulfonamides is 2. The van der Waals surface area contributed by atoms with Crippen LogP contribution in [0.1, 0.15) is 23.4 Å². The summed E-state index contributed by atoms with van der Waals surface area (Å²) in [5, 5.41) is 2.61. The molecule has 3 rings (SSSR count). The highest BCUT2D eigenvalue weighted by molar-refractivity contribution is 7.92. The fourth-order valence-corrected chi connectivity index (χ4v) is 4.97. The average molecular weight is 504 g/mol. The number of nitrogens with zero attached hydrogens (tertiary/aromatic N) is 2. The van der Waals surface area contributed by atoms with Crippen molar-refractivity contribution >= 4 is 37.6 Å². The molecule has 0 unspecified atom stereocenters. The molecule has 1 amide bonds. The maximum absolute atomic E-state index is 12.6. The average Bonchev–Trinajstić information content (AvgIpc) is 2.73. The lowest BCUT2D eigenvalue weighted by atomic mass is 10.2. The normalized spacial score (nSPS) is 11.7. The molecular weight excluding hydrogens is 478 g/mol. The number of hydrogen-bond donors (Lipinski definition) is 3. The van der Waals surface area contributed by atoms with Gasteiger partial charge >= 0.3 is 0 Å². The molecule has 1 aromatic heterocycles. The lowest BCUT2D eigenvalue weighted by molar-refractivity contribution is -0.116. The summed E-state index contributed by atoms with van der Waals surface area (Å²) in [6.45, 7) is 5.23. The van der Waals surface area contributed by atoms with Gasteiger partial charge in [0.2, 0.25) is 21.9 Å². The molecular formula is C22H25N5O5S2. The van der Waals surface area contributed by atoms with Crippen LogP contribution in [-0.4, -0.2) is 39.3 Å². The lowest BCUT2D eigenvalue weighted by Crippen LogP contribution is -2.27. The molecule has 2 aromatic carbocycles. The van der Waals surface area contributed by atoms with Gasteiger partial charge in [0.25, 0.3) is 10.0 Å². The molecule has 0 bridgehead atoms. The molecule has 0 fully saturated rings. The van der Waals surface area contributed by atoms with Gasteiger partial charge in [0.1, 0.15) is 0 Å². The zero-order chi connectivity index (χ0) is 24.9. The van der Waals surface area contributed by atoms with E-state index in [0.717, 1.165) is 5.56 Å². The van der Waals surface area contributed by atoms with E-state index in [9.17, 15) is 21.6 Å². The van der Waals surface area contributed by atoms with Crippen molar-refractivity contribution in [2.45, 2.75) is 37.0 Å². The van der Waals surface area contributed by atoms with E-state index in [1.807, 2.05) is 6.92 Å². The summed E-state index contributed by atoms with van der Waals surface area (Å²) >= 11 is 0. The molecule has 3 aromatic rings. The number of amides is 1. The van der Waals surface area contributed by atoms with Crippen molar-refractivity contribution in [3.8, 4) is 0 Å². The molecule has 0 aliphatic rings. The van der Waals surface area contributed by atoms with Gasteiger partial charge in [-0.15, -0.1) is 0 Å². The van der Waals surface area contributed by atoms with Crippen LogP contribution in [0.25, 0.3) is 0 Å². The maximum Gasteiger partial charge on any atom is 0.264 e. The Morgan fingerprint density at radius 3 is 1.91 bits per heavy atom. The van der Waals surface area contributed by atoms with Crippen LogP contribution in [0, 0.1) is 20.8 Å². The highest BCUT2D eigenvalue weighted by Gasteiger charge is 2.17. The van der Waals surface area contributed by atoms with Gasteiger partial charge < -0.3 is 5.32 Å². The maximum atomic E-state index is 12.6. The minimum atomic E-state index is -3.92. The molecule has 3 N–H and O–H groups in total. The standard InChI is InChI=1S/C22H25N5O5S2/c1-15-4-8-19(9-5-15)33(29,30)23-13-12-21(28)26-18-6-10-20(11-7-18)34(31,32)27-22-24-16(2)14-17(3)25-22/h4-11,14,23H,12-13H2,1-3H3,(H,26,28)(H,24,25,27). The van der Waals surface area contributed by atoms with E-state index in [1.165, 1.54) is 36.4 Å². The smallest absolute Gasteiger partial charge is 0.264 e. The summed E-state index contributed by atoms with van der Waals surface area (Å²) in [5.41, 5.74) is 2.56. The molecule has 12 heteroatoms. The third kappa shape index (κ3) is 6.83. The third-order valence-electron chi connectivity index (χ3n) is 4.63. The molecule has 0 aliphatic heterocycles. The number of hydrogen-bond acceptors (Lipinski definition) is 7. The topological polar surface area (TPSA) is 147 Å². The van der Waals surface area contributed by atoms with E-state index in [0.29, 0.717) is 17.1 Å². The second-order valence-electron chi connectivity index (χ2n) is 7.61. The van der Waals surface area contributed by atoms with Crippen LogP contribution in [0.4, 0.5) is 11.6 Å². The van der Waals surface area contributed by atoms with E-state index in [2.05, 4.69) is 24.7 Å². The Hall–Kier alpha value is -3.35. The van der Waals surface area contributed by atoms with Gasteiger partial charge in [0.05, 0.1) is 9.79 Å². The highest BCUT2D eigenvalue weighted by Crippen LogP contribution is 2.17. The van der Waals surface area contributed by atoms with Crippen LogP contribution in [-0.2, 0) is 24.8 Å². The van der Waals surface area contributed by atoms with Crippen molar-refractivity contribution in [2.75, 3.05) is 16.6 Å². The molecule has 0 aliphatic carbocycles. The largest absolute Gasteiger partial charge is 0.326 e. The van der Waals surface area contributed by atoms with Crippen molar-refractivity contribution < 1.29 is 21.6 Å². The number of anilines is 2. The third-order valence-corrected chi connectivity index (χ3v) is 7.45. The van der Waals surface area contributed by atoms with Crippen LogP contribution < -0.4 is 14.8 Å². The summed E-state index contributed by atoms with van der Waals surface area (Å²) in [7, 11) is -7.63. The molecule has 0 atom stereocenters. The summed E-state index contributed by atoms with van der Waals surface area (Å²) in [4.78, 5) is 20.4. The molecule has 1 heterocycles. The van der Waals surface area contributed by atoms with Crippen molar-refractivity contribution in [3.63, 3.8) is 0 Å². The molecule has 10 nitrogen and oxygen atoms in total. The Balaban J connectivity index is 1.55. The molecule has 0 saturated heterocycles. The number of benzene rings is 2. The summed E-state index contributed by atoms with van der Waals surface area (Å²) in [5.74, 6) is -0.452. The first kappa shape index (κ1) is 25.3. The monoisotopic (exact) mass is 503 g/mol. The zero-order valence-corrected chi connectivity index (χ0v) is 20.5. The van der Waals surface area contributed by atoms with Gasteiger partial charge in [-0.2, -0.15) is 0 Å². The van der Waals surface area contributed by atoms with Crippen molar-refractivity contribution in [2.24, 2.45) is 0 Å². The van der Waals surface area contributed by atoms with E-state index < -0.39 is 26.0 Å². The highest BCUT2D eigenvalue weighted by atomic mass is 32.2. The van der Waals surface area contributed by atoms with Crippen LogP contribution >= 0.6 is 0 Å². The Morgan fingerprint density at radius 2 is 1.32 bits per heavy atom. The van der Waals surface area contributed by atoms with Gasteiger partial charge in [-0.05, 0) is 63.2 Å². The van der Waals surface area contributed by atoms with Crippen LogP contribution in [0.5, 0.6) is 0 Å². The number of carbonyl (C=O) groups excluding carboxylic acids is 1.